The summed E-state index contributed by atoms with van der Waals surface area (Å²) in [6.45, 7) is 8.78. The largest absolute Gasteiger partial charge is 0.351 e. The van der Waals surface area contributed by atoms with Gasteiger partial charge in [-0.15, -0.1) is 6.58 Å². The van der Waals surface area contributed by atoms with Crippen molar-refractivity contribution in [3.05, 3.63) is 48.6 Å². The molecule has 1 aliphatic rings. The summed E-state index contributed by atoms with van der Waals surface area (Å²) in [7, 11) is 0. The minimum absolute atomic E-state index is 0.1000. The lowest BCUT2D eigenvalue weighted by atomic mass is 10.1. The fourth-order valence-electron chi connectivity index (χ4n) is 2.38. The summed E-state index contributed by atoms with van der Waals surface area (Å²) >= 11 is 0. The number of ether oxygens (including phenoxy) is 2. The van der Waals surface area contributed by atoms with Crippen LogP contribution in [0.15, 0.2) is 43.0 Å². The average Bonchev–Trinajstić information content (AvgIpc) is 2.86. The van der Waals surface area contributed by atoms with Crippen LogP contribution >= 0.6 is 0 Å². The summed E-state index contributed by atoms with van der Waals surface area (Å²) < 4.78 is 11.4. The molecule has 0 bridgehead atoms. The third-order valence-corrected chi connectivity index (χ3v) is 3.48. The van der Waals surface area contributed by atoms with Crippen molar-refractivity contribution in [2.75, 3.05) is 13.2 Å². The van der Waals surface area contributed by atoms with Gasteiger partial charge in [-0.1, -0.05) is 36.4 Å². The van der Waals surface area contributed by atoms with E-state index in [4.69, 9.17) is 9.47 Å². The Hall–Kier alpha value is -1.69. The van der Waals surface area contributed by atoms with Crippen LogP contribution in [0.3, 0.4) is 0 Å². The van der Waals surface area contributed by atoms with Crippen molar-refractivity contribution < 1.29 is 14.3 Å². The summed E-state index contributed by atoms with van der Waals surface area (Å²) in [6, 6.07) is 9.33. The van der Waals surface area contributed by atoms with Crippen LogP contribution < -0.4 is 10.6 Å². The third kappa shape index (κ3) is 4.66. The van der Waals surface area contributed by atoms with Crippen LogP contribution in [0.25, 0.3) is 0 Å². The maximum atomic E-state index is 12.5. The lowest BCUT2D eigenvalue weighted by molar-refractivity contribution is -0.146. The minimum atomic E-state index is -0.654. The van der Waals surface area contributed by atoms with Crippen LogP contribution in [-0.2, 0) is 20.8 Å². The highest BCUT2D eigenvalue weighted by Crippen LogP contribution is 2.24. The first-order chi connectivity index (χ1) is 10.5. The molecule has 0 aromatic heterocycles. The van der Waals surface area contributed by atoms with Gasteiger partial charge in [0.25, 0.3) is 0 Å². The molecule has 5 heteroatoms. The van der Waals surface area contributed by atoms with Crippen LogP contribution in [0.2, 0.25) is 0 Å². The maximum Gasteiger partial charge on any atom is 0.240 e. The van der Waals surface area contributed by atoms with Crippen LogP contribution in [0.4, 0.5) is 0 Å². The first kappa shape index (κ1) is 16.7. The molecule has 0 radical (unpaired) electrons. The van der Waals surface area contributed by atoms with Crippen LogP contribution in [0.1, 0.15) is 19.4 Å². The van der Waals surface area contributed by atoms with Crippen molar-refractivity contribution in [3.8, 4) is 0 Å². The first-order valence-electron chi connectivity index (χ1n) is 7.49. The van der Waals surface area contributed by atoms with Crippen molar-refractivity contribution in [1.82, 2.24) is 10.6 Å². The Morgan fingerprint density at radius 3 is 2.77 bits per heavy atom. The van der Waals surface area contributed by atoms with Gasteiger partial charge >= 0.3 is 0 Å². The van der Waals surface area contributed by atoms with Crippen molar-refractivity contribution in [2.24, 2.45) is 0 Å². The van der Waals surface area contributed by atoms with E-state index in [0.29, 0.717) is 19.7 Å². The molecule has 1 heterocycles. The average molecular weight is 304 g/mol. The van der Waals surface area contributed by atoms with Gasteiger partial charge < -0.3 is 20.1 Å². The lowest BCUT2D eigenvalue weighted by Gasteiger charge is -2.24. The molecule has 2 N–H and O–H groups in total. The van der Waals surface area contributed by atoms with Gasteiger partial charge in [-0.3, -0.25) is 4.79 Å². The highest BCUT2D eigenvalue weighted by atomic mass is 16.7. The van der Waals surface area contributed by atoms with E-state index in [1.807, 2.05) is 44.2 Å². The van der Waals surface area contributed by atoms with E-state index in [1.54, 1.807) is 6.08 Å². The molecular weight excluding hydrogens is 280 g/mol. The molecule has 1 aromatic carbocycles. The molecule has 1 unspecified atom stereocenters. The molecule has 22 heavy (non-hydrogen) atoms. The van der Waals surface area contributed by atoms with E-state index >= 15 is 0 Å². The van der Waals surface area contributed by atoms with Gasteiger partial charge in [-0.2, -0.15) is 0 Å². The van der Waals surface area contributed by atoms with Crippen molar-refractivity contribution in [3.63, 3.8) is 0 Å². The zero-order valence-electron chi connectivity index (χ0n) is 13.2. The normalized spacial score (nSPS) is 21.3. The van der Waals surface area contributed by atoms with Gasteiger partial charge in [0.15, 0.2) is 5.79 Å². The highest BCUT2D eigenvalue weighted by Gasteiger charge is 2.40. The van der Waals surface area contributed by atoms with Crippen molar-refractivity contribution in [2.45, 2.75) is 38.3 Å². The molecule has 0 saturated carbocycles. The number of carbonyl (C=O) groups excluding carboxylic acids is 1. The molecule has 1 fully saturated rings. The minimum Gasteiger partial charge on any atom is -0.351 e. The number of nitrogens with one attached hydrogen (secondary N) is 2. The van der Waals surface area contributed by atoms with Gasteiger partial charge in [0, 0.05) is 13.1 Å². The first-order valence-corrected chi connectivity index (χ1v) is 7.49. The number of amides is 1. The van der Waals surface area contributed by atoms with E-state index in [0.717, 1.165) is 5.56 Å². The molecule has 120 valence electrons. The number of hydrogen-bond acceptors (Lipinski definition) is 4. The number of hydrogen-bond donors (Lipinski definition) is 2. The predicted molar refractivity (Wildman–Crippen MR) is 85.2 cm³/mol. The fourth-order valence-corrected chi connectivity index (χ4v) is 2.38. The molecule has 1 aliphatic heterocycles. The molecule has 1 aromatic rings. The number of rotatable bonds is 7. The van der Waals surface area contributed by atoms with E-state index in [9.17, 15) is 4.79 Å². The molecule has 2 rings (SSSR count). The zero-order chi connectivity index (χ0) is 16.0. The van der Waals surface area contributed by atoms with Gasteiger partial charge in [0.1, 0.15) is 12.1 Å². The van der Waals surface area contributed by atoms with Crippen LogP contribution in [-0.4, -0.2) is 37.0 Å². The monoisotopic (exact) mass is 304 g/mol. The SMILES string of the molecule is C=CCN[C@H](C(=O)NCc1ccccc1)C1COC(C)(C)O1. The Bertz CT molecular complexity index is 502. The van der Waals surface area contributed by atoms with Gasteiger partial charge in [0.2, 0.25) is 5.91 Å². The summed E-state index contributed by atoms with van der Waals surface area (Å²) in [5.74, 6) is -0.754. The second-order valence-electron chi connectivity index (χ2n) is 5.75. The Morgan fingerprint density at radius 1 is 1.45 bits per heavy atom. The lowest BCUT2D eigenvalue weighted by Crippen LogP contribution is -2.52. The van der Waals surface area contributed by atoms with E-state index < -0.39 is 11.8 Å². The molecule has 2 atom stereocenters. The Labute approximate surface area is 131 Å². The second kappa shape index (κ2) is 7.54. The highest BCUT2D eigenvalue weighted by molar-refractivity contribution is 5.82. The quantitative estimate of drug-likeness (QED) is 0.751. The smallest absolute Gasteiger partial charge is 0.240 e. The molecule has 5 nitrogen and oxygen atoms in total. The topological polar surface area (TPSA) is 59.6 Å². The fraction of sp³-hybridized carbons (Fsp3) is 0.471. The van der Waals surface area contributed by atoms with E-state index in [-0.39, 0.29) is 12.0 Å². The van der Waals surface area contributed by atoms with E-state index in [2.05, 4.69) is 17.2 Å². The molecule has 0 aliphatic carbocycles. The molecule has 1 amide bonds. The predicted octanol–water partition coefficient (Wildman–Crippen LogP) is 1.60. The molecule has 1 saturated heterocycles. The van der Waals surface area contributed by atoms with Gasteiger partial charge in [-0.25, -0.2) is 0 Å². The summed E-state index contributed by atoms with van der Waals surface area (Å²) in [5.41, 5.74) is 1.06. The third-order valence-electron chi connectivity index (χ3n) is 3.48. The number of benzene rings is 1. The maximum absolute atomic E-state index is 12.5. The molecular formula is C17H24N2O3. The second-order valence-corrected chi connectivity index (χ2v) is 5.75. The summed E-state index contributed by atoms with van der Waals surface area (Å²) in [4.78, 5) is 12.5. The summed E-state index contributed by atoms with van der Waals surface area (Å²) in [6.07, 6.45) is 1.41. The summed E-state index contributed by atoms with van der Waals surface area (Å²) in [5, 5.41) is 6.09. The Kier molecular flexibility index (Phi) is 5.71. The number of carbonyl (C=O) groups is 1. The standard InChI is InChI=1S/C17H24N2O3/c1-4-10-18-15(14-12-21-17(2,3)22-14)16(20)19-11-13-8-6-5-7-9-13/h4-9,14-15,18H,1,10-12H2,2-3H3,(H,19,20)/t14?,15-/m0/s1. The Balaban J connectivity index is 1.95. The van der Waals surface area contributed by atoms with Gasteiger partial charge in [-0.05, 0) is 19.4 Å². The van der Waals surface area contributed by atoms with Crippen molar-refractivity contribution >= 4 is 5.91 Å². The van der Waals surface area contributed by atoms with Crippen LogP contribution in [0, 0.1) is 0 Å². The molecule has 0 spiro atoms. The van der Waals surface area contributed by atoms with Gasteiger partial charge in [0.05, 0.1) is 6.61 Å². The zero-order valence-corrected chi connectivity index (χ0v) is 13.2. The van der Waals surface area contributed by atoms with Crippen LogP contribution in [0.5, 0.6) is 0 Å². The van der Waals surface area contributed by atoms with E-state index in [1.165, 1.54) is 0 Å². The van der Waals surface area contributed by atoms with Crippen molar-refractivity contribution in [1.29, 1.82) is 0 Å². The Morgan fingerprint density at radius 2 is 2.18 bits per heavy atom.